The minimum atomic E-state index is -0.310. The monoisotopic (exact) mass is 288 g/mol. The van der Waals surface area contributed by atoms with Crippen LogP contribution in [0.2, 0.25) is 0 Å². The van der Waals surface area contributed by atoms with Crippen molar-refractivity contribution in [2.45, 2.75) is 20.0 Å². The molecule has 6 nitrogen and oxygen atoms in total. The standard InChI is InChI=1S/C15H16N2O4/c1-3-14(18)21-13-7-5-4-6-12(13)20-10-11-8-9-16-15(17-11)19-2/h4-9H,3,10H2,1-2H3. The van der Waals surface area contributed by atoms with Crippen LogP contribution in [0.5, 0.6) is 17.5 Å². The van der Waals surface area contributed by atoms with Gasteiger partial charge in [0.25, 0.3) is 0 Å². The van der Waals surface area contributed by atoms with E-state index in [1.807, 2.05) is 0 Å². The number of hydrogen-bond donors (Lipinski definition) is 0. The molecule has 0 aliphatic heterocycles. The number of carbonyl (C=O) groups is 1. The minimum absolute atomic E-state index is 0.222. The smallest absolute Gasteiger partial charge is 0.316 e. The number of nitrogens with zero attached hydrogens (tertiary/aromatic N) is 2. The molecule has 0 spiro atoms. The Morgan fingerprint density at radius 2 is 1.95 bits per heavy atom. The van der Waals surface area contributed by atoms with Crippen LogP contribution >= 0.6 is 0 Å². The van der Waals surface area contributed by atoms with E-state index >= 15 is 0 Å². The first kappa shape index (κ1) is 14.8. The van der Waals surface area contributed by atoms with Gasteiger partial charge in [0.05, 0.1) is 12.8 Å². The van der Waals surface area contributed by atoms with Crippen molar-refractivity contribution in [1.29, 1.82) is 0 Å². The van der Waals surface area contributed by atoms with Crippen LogP contribution in [-0.4, -0.2) is 23.0 Å². The Balaban J connectivity index is 2.07. The van der Waals surface area contributed by atoms with Crippen LogP contribution in [0.1, 0.15) is 19.0 Å². The lowest BCUT2D eigenvalue weighted by molar-refractivity contribution is -0.134. The number of benzene rings is 1. The van der Waals surface area contributed by atoms with Crippen LogP contribution in [-0.2, 0) is 11.4 Å². The first-order chi connectivity index (χ1) is 10.2. The van der Waals surface area contributed by atoms with Gasteiger partial charge in [-0.3, -0.25) is 4.79 Å². The Morgan fingerprint density at radius 3 is 2.67 bits per heavy atom. The van der Waals surface area contributed by atoms with E-state index in [1.165, 1.54) is 7.11 Å². The van der Waals surface area contributed by atoms with Gasteiger partial charge in [-0.15, -0.1) is 0 Å². The van der Waals surface area contributed by atoms with Gasteiger partial charge in [-0.1, -0.05) is 19.1 Å². The van der Waals surface area contributed by atoms with Crippen molar-refractivity contribution in [3.8, 4) is 17.5 Å². The molecule has 21 heavy (non-hydrogen) atoms. The molecular weight excluding hydrogens is 272 g/mol. The summed E-state index contributed by atoms with van der Waals surface area (Å²) in [4.78, 5) is 19.4. The fraction of sp³-hybridized carbons (Fsp3) is 0.267. The highest BCUT2D eigenvalue weighted by molar-refractivity contribution is 5.72. The number of aromatic nitrogens is 2. The van der Waals surface area contributed by atoms with Crippen molar-refractivity contribution in [2.24, 2.45) is 0 Å². The Labute approximate surface area is 122 Å². The molecule has 0 aliphatic carbocycles. The maximum absolute atomic E-state index is 11.4. The summed E-state index contributed by atoms with van der Waals surface area (Å²) >= 11 is 0. The number of esters is 1. The molecular formula is C15H16N2O4. The lowest BCUT2D eigenvalue weighted by Gasteiger charge is -2.11. The molecule has 110 valence electrons. The SMILES string of the molecule is CCC(=O)Oc1ccccc1OCc1ccnc(OC)n1. The first-order valence-electron chi connectivity index (χ1n) is 6.51. The van der Waals surface area contributed by atoms with Crippen molar-refractivity contribution < 1.29 is 19.0 Å². The quantitative estimate of drug-likeness (QED) is 0.600. The molecule has 0 N–H and O–H groups in total. The van der Waals surface area contributed by atoms with Crippen LogP contribution in [0.3, 0.4) is 0 Å². The molecule has 6 heteroatoms. The summed E-state index contributed by atoms with van der Waals surface area (Å²) in [5, 5.41) is 0. The Bertz CT molecular complexity index is 616. The van der Waals surface area contributed by atoms with Gasteiger partial charge in [-0.25, -0.2) is 4.98 Å². The molecule has 1 heterocycles. The van der Waals surface area contributed by atoms with E-state index in [4.69, 9.17) is 14.2 Å². The van der Waals surface area contributed by atoms with Gasteiger partial charge in [-0.2, -0.15) is 4.98 Å². The third-order valence-electron chi connectivity index (χ3n) is 2.61. The second kappa shape index (κ2) is 7.23. The molecule has 0 unspecified atom stereocenters. The Morgan fingerprint density at radius 1 is 1.19 bits per heavy atom. The van der Waals surface area contributed by atoms with Crippen LogP contribution in [0.4, 0.5) is 0 Å². The largest absolute Gasteiger partial charge is 0.483 e. The number of carbonyl (C=O) groups excluding carboxylic acids is 1. The summed E-state index contributed by atoms with van der Waals surface area (Å²) < 4.78 is 15.8. The fourth-order valence-electron chi connectivity index (χ4n) is 1.56. The number of hydrogen-bond acceptors (Lipinski definition) is 6. The lowest BCUT2D eigenvalue weighted by Crippen LogP contribution is -2.07. The second-order valence-corrected chi connectivity index (χ2v) is 4.10. The Hall–Kier alpha value is -2.63. The van der Waals surface area contributed by atoms with Crippen molar-refractivity contribution in [2.75, 3.05) is 7.11 Å². The van der Waals surface area contributed by atoms with Crippen LogP contribution in [0.15, 0.2) is 36.5 Å². The molecule has 0 atom stereocenters. The zero-order valence-corrected chi connectivity index (χ0v) is 11.9. The molecule has 0 bridgehead atoms. The van der Waals surface area contributed by atoms with E-state index < -0.39 is 0 Å². The fourth-order valence-corrected chi connectivity index (χ4v) is 1.56. The average molecular weight is 288 g/mol. The summed E-state index contributed by atoms with van der Waals surface area (Å²) in [6, 6.07) is 9.00. The zero-order chi connectivity index (χ0) is 15.1. The molecule has 0 radical (unpaired) electrons. The van der Waals surface area contributed by atoms with Crippen molar-refractivity contribution in [3.05, 3.63) is 42.2 Å². The highest BCUT2D eigenvalue weighted by Gasteiger charge is 2.09. The molecule has 1 aromatic heterocycles. The van der Waals surface area contributed by atoms with Crippen LogP contribution < -0.4 is 14.2 Å². The highest BCUT2D eigenvalue weighted by Crippen LogP contribution is 2.27. The molecule has 0 amide bonds. The third-order valence-corrected chi connectivity index (χ3v) is 2.61. The predicted octanol–water partition coefficient (Wildman–Crippen LogP) is 2.38. The summed E-state index contributed by atoms with van der Waals surface area (Å²) in [5.41, 5.74) is 0.665. The number of para-hydroxylation sites is 2. The van der Waals surface area contributed by atoms with Gasteiger partial charge in [0.15, 0.2) is 11.5 Å². The predicted molar refractivity (Wildman–Crippen MR) is 75.3 cm³/mol. The normalized spacial score (nSPS) is 10.0. The Kier molecular flexibility index (Phi) is 5.09. The molecule has 0 saturated carbocycles. The topological polar surface area (TPSA) is 70.5 Å². The van der Waals surface area contributed by atoms with E-state index in [9.17, 15) is 4.79 Å². The van der Waals surface area contributed by atoms with Gasteiger partial charge >= 0.3 is 12.0 Å². The molecule has 1 aromatic carbocycles. The molecule has 0 aliphatic rings. The van der Waals surface area contributed by atoms with Gasteiger partial charge in [0.1, 0.15) is 6.61 Å². The maximum Gasteiger partial charge on any atom is 0.316 e. The number of rotatable bonds is 6. The molecule has 0 saturated heterocycles. The van der Waals surface area contributed by atoms with Crippen LogP contribution in [0.25, 0.3) is 0 Å². The highest BCUT2D eigenvalue weighted by atomic mass is 16.6. The molecule has 2 rings (SSSR count). The second-order valence-electron chi connectivity index (χ2n) is 4.10. The third kappa shape index (κ3) is 4.17. The average Bonchev–Trinajstić information content (AvgIpc) is 2.54. The van der Waals surface area contributed by atoms with Gasteiger partial charge < -0.3 is 14.2 Å². The summed E-state index contributed by atoms with van der Waals surface area (Å²) in [7, 11) is 1.50. The lowest BCUT2D eigenvalue weighted by atomic mass is 10.3. The van der Waals surface area contributed by atoms with E-state index in [0.717, 1.165) is 0 Å². The van der Waals surface area contributed by atoms with Gasteiger partial charge in [0, 0.05) is 12.6 Å². The molecule has 2 aromatic rings. The first-order valence-corrected chi connectivity index (χ1v) is 6.51. The molecule has 0 fully saturated rings. The van der Waals surface area contributed by atoms with Gasteiger partial charge in [-0.05, 0) is 18.2 Å². The van der Waals surface area contributed by atoms with E-state index in [2.05, 4.69) is 9.97 Å². The summed E-state index contributed by atoms with van der Waals surface area (Å²) in [6.07, 6.45) is 1.89. The summed E-state index contributed by atoms with van der Waals surface area (Å²) in [6.45, 7) is 1.96. The van der Waals surface area contributed by atoms with Crippen molar-refractivity contribution in [1.82, 2.24) is 9.97 Å². The van der Waals surface area contributed by atoms with Crippen LogP contribution in [0, 0.1) is 0 Å². The number of methoxy groups -OCH3 is 1. The maximum atomic E-state index is 11.4. The minimum Gasteiger partial charge on any atom is -0.483 e. The van der Waals surface area contributed by atoms with E-state index in [1.54, 1.807) is 43.5 Å². The van der Waals surface area contributed by atoms with E-state index in [-0.39, 0.29) is 18.6 Å². The number of ether oxygens (including phenoxy) is 3. The van der Waals surface area contributed by atoms with Crippen molar-refractivity contribution >= 4 is 5.97 Å². The summed E-state index contributed by atoms with van der Waals surface area (Å²) in [5.74, 6) is 0.567. The van der Waals surface area contributed by atoms with Crippen molar-refractivity contribution in [3.63, 3.8) is 0 Å². The zero-order valence-electron chi connectivity index (χ0n) is 11.9. The van der Waals surface area contributed by atoms with Gasteiger partial charge in [0.2, 0.25) is 0 Å². The van der Waals surface area contributed by atoms with E-state index in [0.29, 0.717) is 23.6 Å².